The molecule has 1 aliphatic heterocycles. The Bertz CT molecular complexity index is 209. The van der Waals surface area contributed by atoms with Crippen LogP contribution >= 0.6 is 0 Å². The zero-order valence-corrected chi connectivity index (χ0v) is 13.1. The average Bonchev–Trinajstić information content (AvgIpc) is 2.54. The lowest BCUT2D eigenvalue weighted by molar-refractivity contribution is 0.154. The Balaban J connectivity index is 2.47. The Morgan fingerprint density at radius 1 is 1.22 bits per heavy atom. The zero-order valence-electron chi connectivity index (χ0n) is 13.1. The van der Waals surface area contributed by atoms with Crippen molar-refractivity contribution in [1.29, 1.82) is 0 Å². The quantitative estimate of drug-likeness (QED) is 0.748. The van der Waals surface area contributed by atoms with E-state index in [-0.39, 0.29) is 0 Å². The van der Waals surface area contributed by atoms with Gasteiger partial charge in [-0.25, -0.2) is 0 Å². The maximum absolute atomic E-state index is 3.39. The Hall–Kier alpha value is -0.0800. The van der Waals surface area contributed by atoms with Gasteiger partial charge in [-0.2, -0.15) is 0 Å². The van der Waals surface area contributed by atoms with Crippen LogP contribution in [0.15, 0.2) is 0 Å². The first kappa shape index (κ1) is 16.0. The standard InChI is InChI=1S/C16H34N2/c1-5-10-16(3,13-17-4)14-18-11-7-8-15(6-2)9-12-18/h15,17H,5-14H2,1-4H3. The summed E-state index contributed by atoms with van der Waals surface area (Å²) in [6, 6.07) is 0. The van der Waals surface area contributed by atoms with Gasteiger partial charge in [-0.05, 0) is 57.2 Å². The van der Waals surface area contributed by atoms with Gasteiger partial charge < -0.3 is 10.2 Å². The molecule has 1 rings (SSSR count). The Morgan fingerprint density at radius 3 is 2.61 bits per heavy atom. The molecule has 0 amide bonds. The first-order valence-corrected chi connectivity index (χ1v) is 8.00. The van der Waals surface area contributed by atoms with Gasteiger partial charge in [0, 0.05) is 13.1 Å². The molecular weight excluding hydrogens is 220 g/mol. The molecule has 0 aromatic rings. The van der Waals surface area contributed by atoms with Crippen LogP contribution in [0.1, 0.15) is 59.3 Å². The van der Waals surface area contributed by atoms with Gasteiger partial charge in [-0.15, -0.1) is 0 Å². The molecule has 0 saturated carbocycles. The van der Waals surface area contributed by atoms with Crippen LogP contribution in [0, 0.1) is 11.3 Å². The van der Waals surface area contributed by atoms with Crippen molar-refractivity contribution in [3.8, 4) is 0 Å². The van der Waals surface area contributed by atoms with Crippen molar-refractivity contribution >= 4 is 0 Å². The second kappa shape index (κ2) is 8.16. The van der Waals surface area contributed by atoms with Gasteiger partial charge in [0.1, 0.15) is 0 Å². The fourth-order valence-electron chi connectivity index (χ4n) is 3.58. The predicted octanol–water partition coefficient (Wildman–Crippen LogP) is 3.52. The zero-order chi connectivity index (χ0) is 13.4. The summed E-state index contributed by atoms with van der Waals surface area (Å²) >= 11 is 0. The maximum Gasteiger partial charge on any atom is 0.00475 e. The molecule has 0 bridgehead atoms. The van der Waals surface area contributed by atoms with E-state index in [1.807, 2.05) is 0 Å². The van der Waals surface area contributed by atoms with Gasteiger partial charge in [-0.1, -0.05) is 33.6 Å². The van der Waals surface area contributed by atoms with Crippen molar-refractivity contribution < 1.29 is 0 Å². The second-order valence-corrected chi connectivity index (χ2v) is 6.57. The SMILES string of the molecule is CCCC(C)(CNC)CN1CCCC(CC)CC1. The van der Waals surface area contributed by atoms with Crippen LogP contribution in [0.25, 0.3) is 0 Å². The monoisotopic (exact) mass is 254 g/mol. The molecule has 1 N–H and O–H groups in total. The van der Waals surface area contributed by atoms with Crippen molar-refractivity contribution in [2.45, 2.75) is 59.3 Å². The minimum absolute atomic E-state index is 0.454. The van der Waals surface area contributed by atoms with Gasteiger partial charge in [0.05, 0.1) is 0 Å². The van der Waals surface area contributed by atoms with Crippen molar-refractivity contribution in [2.24, 2.45) is 11.3 Å². The largest absolute Gasteiger partial charge is 0.319 e. The highest BCUT2D eigenvalue weighted by atomic mass is 15.1. The molecule has 0 radical (unpaired) electrons. The van der Waals surface area contributed by atoms with Crippen LogP contribution in [0.5, 0.6) is 0 Å². The number of likely N-dealkylation sites (tertiary alicyclic amines) is 1. The van der Waals surface area contributed by atoms with Crippen LogP contribution in [-0.2, 0) is 0 Å². The first-order valence-electron chi connectivity index (χ1n) is 8.00. The molecule has 2 heteroatoms. The molecule has 0 aromatic heterocycles. The van der Waals surface area contributed by atoms with E-state index in [1.165, 1.54) is 58.2 Å². The van der Waals surface area contributed by atoms with E-state index >= 15 is 0 Å². The summed E-state index contributed by atoms with van der Waals surface area (Å²) in [6.45, 7) is 12.2. The molecule has 2 atom stereocenters. The van der Waals surface area contributed by atoms with E-state index in [9.17, 15) is 0 Å². The summed E-state index contributed by atoms with van der Waals surface area (Å²) in [5, 5.41) is 3.39. The van der Waals surface area contributed by atoms with Crippen LogP contribution in [0.3, 0.4) is 0 Å². The smallest absolute Gasteiger partial charge is 0.00475 e. The number of hydrogen-bond donors (Lipinski definition) is 1. The summed E-state index contributed by atoms with van der Waals surface area (Å²) in [5.41, 5.74) is 0.454. The highest BCUT2D eigenvalue weighted by Gasteiger charge is 2.26. The lowest BCUT2D eigenvalue weighted by Gasteiger charge is -2.35. The summed E-state index contributed by atoms with van der Waals surface area (Å²) in [5.74, 6) is 0.983. The molecule has 1 aliphatic rings. The van der Waals surface area contributed by atoms with Crippen LogP contribution in [0.4, 0.5) is 0 Å². The van der Waals surface area contributed by atoms with Crippen LogP contribution in [-0.4, -0.2) is 38.1 Å². The van der Waals surface area contributed by atoms with Gasteiger partial charge in [-0.3, -0.25) is 0 Å². The van der Waals surface area contributed by atoms with Gasteiger partial charge in [0.25, 0.3) is 0 Å². The molecule has 108 valence electrons. The molecule has 1 heterocycles. The third-order valence-electron chi connectivity index (χ3n) is 4.58. The van der Waals surface area contributed by atoms with E-state index < -0.39 is 0 Å². The van der Waals surface area contributed by atoms with Crippen molar-refractivity contribution in [2.75, 3.05) is 33.2 Å². The molecule has 1 saturated heterocycles. The molecular formula is C16H34N2. The van der Waals surface area contributed by atoms with E-state index in [2.05, 4.69) is 38.0 Å². The van der Waals surface area contributed by atoms with Crippen LogP contribution < -0.4 is 5.32 Å². The molecule has 0 aromatic carbocycles. The Labute approximate surface area is 115 Å². The normalized spacial score (nSPS) is 25.7. The fraction of sp³-hybridized carbons (Fsp3) is 1.00. The van der Waals surface area contributed by atoms with E-state index in [4.69, 9.17) is 0 Å². The van der Waals surface area contributed by atoms with Gasteiger partial charge in [0.15, 0.2) is 0 Å². The molecule has 0 spiro atoms. The van der Waals surface area contributed by atoms with E-state index in [1.54, 1.807) is 0 Å². The van der Waals surface area contributed by atoms with Gasteiger partial charge >= 0.3 is 0 Å². The molecule has 1 fully saturated rings. The summed E-state index contributed by atoms with van der Waals surface area (Å²) in [4.78, 5) is 2.72. The predicted molar refractivity (Wildman–Crippen MR) is 81.0 cm³/mol. The summed E-state index contributed by atoms with van der Waals surface area (Å²) in [7, 11) is 2.09. The van der Waals surface area contributed by atoms with E-state index in [0.29, 0.717) is 5.41 Å². The first-order chi connectivity index (χ1) is 8.63. The third-order valence-corrected chi connectivity index (χ3v) is 4.58. The second-order valence-electron chi connectivity index (χ2n) is 6.57. The number of nitrogens with zero attached hydrogens (tertiary/aromatic N) is 1. The van der Waals surface area contributed by atoms with Crippen molar-refractivity contribution in [3.05, 3.63) is 0 Å². The lowest BCUT2D eigenvalue weighted by atomic mass is 9.84. The maximum atomic E-state index is 3.39. The number of nitrogens with one attached hydrogen (secondary N) is 1. The van der Waals surface area contributed by atoms with E-state index in [0.717, 1.165) is 12.5 Å². The fourth-order valence-corrected chi connectivity index (χ4v) is 3.58. The van der Waals surface area contributed by atoms with Gasteiger partial charge in [0.2, 0.25) is 0 Å². The minimum atomic E-state index is 0.454. The topological polar surface area (TPSA) is 15.3 Å². The lowest BCUT2D eigenvalue weighted by Crippen LogP contribution is -2.42. The average molecular weight is 254 g/mol. The number of hydrogen-bond acceptors (Lipinski definition) is 2. The third kappa shape index (κ3) is 5.27. The Morgan fingerprint density at radius 2 is 2.00 bits per heavy atom. The number of rotatable bonds is 7. The summed E-state index contributed by atoms with van der Waals surface area (Å²) in [6.07, 6.45) is 8.27. The molecule has 2 nitrogen and oxygen atoms in total. The Kier molecular flexibility index (Phi) is 7.25. The highest BCUT2D eigenvalue weighted by Crippen LogP contribution is 2.27. The highest BCUT2D eigenvalue weighted by molar-refractivity contribution is 4.81. The molecule has 0 aliphatic carbocycles. The molecule has 18 heavy (non-hydrogen) atoms. The minimum Gasteiger partial charge on any atom is -0.319 e. The van der Waals surface area contributed by atoms with Crippen molar-refractivity contribution in [1.82, 2.24) is 10.2 Å². The molecule has 2 unspecified atom stereocenters. The summed E-state index contributed by atoms with van der Waals surface area (Å²) < 4.78 is 0. The van der Waals surface area contributed by atoms with Crippen LogP contribution in [0.2, 0.25) is 0 Å². The van der Waals surface area contributed by atoms with Crippen molar-refractivity contribution in [3.63, 3.8) is 0 Å².